The van der Waals surface area contributed by atoms with Gasteiger partial charge in [0.1, 0.15) is 5.56 Å². The molecule has 0 saturated heterocycles. The molecule has 0 spiro atoms. The van der Waals surface area contributed by atoms with Crippen molar-refractivity contribution in [1.29, 1.82) is 0 Å². The summed E-state index contributed by atoms with van der Waals surface area (Å²) in [5.74, 6) is -0.508. The fourth-order valence-electron chi connectivity index (χ4n) is 1.38. The predicted molar refractivity (Wildman–Crippen MR) is 57.2 cm³/mol. The van der Waals surface area contributed by atoms with Gasteiger partial charge in [0.25, 0.3) is 0 Å². The molecule has 0 amide bonds. The number of hydrogen-bond acceptors (Lipinski definition) is 6. The van der Waals surface area contributed by atoms with E-state index in [0.717, 1.165) is 4.52 Å². The Labute approximate surface area is 96.6 Å². The predicted octanol–water partition coefficient (Wildman–Crippen LogP) is 0.620. The normalized spacial score (nSPS) is 10.5. The molecule has 90 valence electrons. The number of esters is 1. The minimum absolute atomic E-state index is 0.164. The van der Waals surface area contributed by atoms with E-state index in [4.69, 9.17) is 9.47 Å². The smallest absolute Gasteiger partial charge is 0.343 e. The van der Waals surface area contributed by atoms with E-state index in [1.165, 1.54) is 19.4 Å². The highest BCUT2D eigenvalue weighted by Crippen LogP contribution is 2.20. The first-order valence-electron chi connectivity index (χ1n) is 4.96. The molecule has 2 heterocycles. The number of methoxy groups -OCH3 is 1. The van der Waals surface area contributed by atoms with Gasteiger partial charge < -0.3 is 14.6 Å². The van der Waals surface area contributed by atoms with Gasteiger partial charge in [-0.2, -0.15) is 14.6 Å². The molecular weight excluding hydrogens is 226 g/mol. The van der Waals surface area contributed by atoms with Crippen LogP contribution in [-0.4, -0.2) is 39.4 Å². The largest absolute Gasteiger partial charge is 0.493 e. The number of aromatic hydroxyl groups is 1. The van der Waals surface area contributed by atoms with Crippen LogP contribution >= 0.6 is 0 Å². The quantitative estimate of drug-likeness (QED) is 0.787. The van der Waals surface area contributed by atoms with Gasteiger partial charge in [0.2, 0.25) is 11.8 Å². The van der Waals surface area contributed by atoms with Crippen LogP contribution in [0, 0.1) is 0 Å². The summed E-state index contributed by atoms with van der Waals surface area (Å²) in [6, 6.07) is 1.30. The number of fused-ring (bicyclic) bond motifs is 1. The second-order valence-corrected chi connectivity index (χ2v) is 3.17. The zero-order valence-corrected chi connectivity index (χ0v) is 9.38. The molecule has 0 atom stereocenters. The van der Waals surface area contributed by atoms with Crippen molar-refractivity contribution < 1.29 is 19.4 Å². The molecule has 7 nitrogen and oxygen atoms in total. The van der Waals surface area contributed by atoms with Crippen LogP contribution < -0.4 is 4.74 Å². The van der Waals surface area contributed by atoms with Gasteiger partial charge in [0.15, 0.2) is 5.65 Å². The summed E-state index contributed by atoms with van der Waals surface area (Å²) in [5, 5.41) is 13.5. The third-order valence-corrected chi connectivity index (χ3v) is 2.13. The van der Waals surface area contributed by atoms with Gasteiger partial charge in [0, 0.05) is 0 Å². The molecule has 0 aromatic carbocycles. The first kappa shape index (κ1) is 11.2. The van der Waals surface area contributed by atoms with Crippen LogP contribution in [0.15, 0.2) is 12.3 Å². The lowest BCUT2D eigenvalue weighted by Gasteiger charge is -2.03. The van der Waals surface area contributed by atoms with Crippen molar-refractivity contribution in [2.45, 2.75) is 6.92 Å². The summed E-state index contributed by atoms with van der Waals surface area (Å²) in [6.07, 6.45) is 1.29. The fourth-order valence-corrected chi connectivity index (χ4v) is 1.38. The Hall–Kier alpha value is -2.31. The van der Waals surface area contributed by atoms with Crippen molar-refractivity contribution in [1.82, 2.24) is 14.6 Å². The zero-order chi connectivity index (χ0) is 12.4. The summed E-state index contributed by atoms with van der Waals surface area (Å²) in [7, 11) is 1.42. The Balaban J connectivity index is 2.58. The standard InChI is InChI=1S/C10H11N3O4/c1-3-17-10(15)6-5-11-13-8(14)4-7(16-2)12-9(6)13/h4-5,14H,3H2,1-2H3. The molecule has 0 aliphatic rings. The van der Waals surface area contributed by atoms with E-state index in [9.17, 15) is 9.90 Å². The maximum Gasteiger partial charge on any atom is 0.343 e. The van der Waals surface area contributed by atoms with E-state index in [1.807, 2.05) is 0 Å². The van der Waals surface area contributed by atoms with Crippen LogP contribution in [-0.2, 0) is 4.74 Å². The Morgan fingerprint density at radius 3 is 3.00 bits per heavy atom. The number of rotatable bonds is 3. The maximum absolute atomic E-state index is 11.6. The van der Waals surface area contributed by atoms with Gasteiger partial charge in [-0.15, -0.1) is 0 Å². The van der Waals surface area contributed by atoms with Crippen LogP contribution in [0.4, 0.5) is 0 Å². The van der Waals surface area contributed by atoms with E-state index >= 15 is 0 Å². The average Bonchev–Trinajstić information content (AvgIpc) is 2.73. The molecule has 0 fully saturated rings. The van der Waals surface area contributed by atoms with Crippen molar-refractivity contribution in [3.63, 3.8) is 0 Å². The highest BCUT2D eigenvalue weighted by molar-refractivity contribution is 5.95. The van der Waals surface area contributed by atoms with E-state index < -0.39 is 5.97 Å². The van der Waals surface area contributed by atoms with Crippen LogP contribution in [0.2, 0.25) is 0 Å². The summed E-state index contributed by atoms with van der Waals surface area (Å²) < 4.78 is 10.9. The molecule has 0 aliphatic carbocycles. The lowest BCUT2D eigenvalue weighted by Crippen LogP contribution is -2.05. The highest BCUT2D eigenvalue weighted by atomic mass is 16.5. The van der Waals surface area contributed by atoms with Gasteiger partial charge in [0.05, 0.1) is 26.0 Å². The average molecular weight is 237 g/mol. The lowest BCUT2D eigenvalue weighted by molar-refractivity contribution is 0.0528. The number of nitrogens with zero attached hydrogens (tertiary/aromatic N) is 3. The molecule has 7 heteroatoms. The number of hydrogen-bond donors (Lipinski definition) is 1. The first-order valence-corrected chi connectivity index (χ1v) is 4.96. The van der Waals surface area contributed by atoms with E-state index in [-0.39, 0.29) is 29.6 Å². The number of ether oxygens (including phenoxy) is 2. The third kappa shape index (κ3) is 1.86. The van der Waals surface area contributed by atoms with Crippen LogP contribution in [0.5, 0.6) is 11.8 Å². The minimum Gasteiger partial charge on any atom is -0.493 e. The summed E-state index contributed by atoms with van der Waals surface area (Å²) in [5.41, 5.74) is 0.376. The molecule has 0 bridgehead atoms. The van der Waals surface area contributed by atoms with Crippen LogP contribution in [0.1, 0.15) is 17.3 Å². The van der Waals surface area contributed by atoms with Crippen molar-refractivity contribution in [3.05, 3.63) is 17.8 Å². The van der Waals surface area contributed by atoms with Crippen LogP contribution in [0.25, 0.3) is 5.65 Å². The molecule has 2 rings (SSSR count). The Bertz CT molecular complexity index is 564. The van der Waals surface area contributed by atoms with E-state index in [2.05, 4.69) is 10.1 Å². The van der Waals surface area contributed by atoms with Gasteiger partial charge in [-0.25, -0.2) is 4.79 Å². The van der Waals surface area contributed by atoms with Crippen molar-refractivity contribution in [3.8, 4) is 11.8 Å². The zero-order valence-electron chi connectivity index (χ0n) is 9.38. The topological polar surface area (TPSA) is 86.0 Å². The SMILES string of the molecule is CCOC(=O)c1cnn2c(O)cc(OC)nc12. The lowest BCUT2D eigenvalue weighted by atomic mass is 10.3. The summed E-state index contributed by atoms with van der Waals surface area (Å²) in [6.45, 7) is 1.96. The van der Waals surface area contributed by atoms with Crippen molar-refractivity contribution >= 4 is 11.6 Å². The van der Waals surface area contributed by atoms with Crippen LogP contribution in [0.3, 0.4) is 0 Å². The first-order chi connectivity index (χ1) is 8.17. The second kappa shape index (κ2) is 4.28. The fraction of sp³-hybridized carbons (Fsp3) is 0.300. The molecule has 0 radical (unpaired) electrons. The summed E-state index contributed by atoms with van der Waals surface area (Å²) >= 11 is 0. The molecular formula is C10H11N3O4. The Morgan fingerprint density at radius 1 is 1.59 bits per heavy atom. The third-order valence-electron chi connectivity index (χ3n) is 2.13. The van der Waals surface area contributed by atoms with Gasteiger partial charge >= 0.3 is 5.97 Å². The maximum atomic E-state index is 11.6. The molecule has 0 saturated carbocycles. The number of aromatic nitrogens is 3. The van der Waals surface area contributed by atoms with Gasteiger partial charge in [-0.05, 0) is 6.92 Å². The van der Waals surface area contributed by atoms with E-state index in [1.54, 1.807) is 6.92 Å². The highest BCUT2D eigenvalue weighted by Gasteiger charge is 2.17. The molecule has 0 unspecified atom stereocenters. The number of carbonyl (C=O) groups excluding carboxylic acids is 1. The second-order valence-electron chi connectivity index (χ2n) is 3.17. The monoisotopic (exact) mass is 237 g/mol. The van der Waals surface area contributed by atoms with E-state index in [0.29, 0.717) is 0 Å². The molecule has 0 aliphatic heterocycles. The van der Waals surface area contributed by atoms with Gasteiger partial charge in [-0.1, -0.05) is 0 Å². The molecule has 1 N–H and O–H groups in total. The van der Waals surface area contributed by atoms with Crippen molar-refractivity contribution in [2.75, 3.05) is 13.7 Å². The van der Waals surface area contributed by atoms with Gasteiger partial charge in [-0.3, -0.25) is 0 Å². The Morgan fingerprint density at radius 2 is 2.35 bits per heavy atom. The molecule has 2 aromatic heterocycles. The molecule has 17 heavy (non-hydrogen) atoms. The number of carbonyl (C=O) groups is 1. The summed E-state index contributed by atoms with van der Waals surface area (Å²) in [4.78, 5) is 15.6. The minimum atomic E-state index is -0.539. The van der Waals surface area contributed by atoms with Crippen molar-refractivity contribution in [2.24, 2.45) is 0 Å². The molecule has 2 aromatic rings. The Kier molecular flexibility index (Phi) is 2.82.